The number of carbonyl (C=O) groups excluding carboxylic acids is 1. The molecule has 1 aliphatic heterocycles. The number of hydrogen-bond acceptors (Lipinski definition) is 8. The topological polar surface area (TPSA) is 119 Å². The number of pyridine rings is 2. The summed E-state index contributed by atoms with van der Waals surface area (Å²) in [6.45, 7) is 4.64. The number of methoxy groups -OCH3 is 1. The van der Waals surface area contributed by atoms with Gasteiger partial charge in [0.1, 0.15) is 11.6 Å². The Morgan fingerprint density at radius 3 is 2.88 bits per heavy atom. The third-order valence-corrected chi connectivity index (χ3v) is 5.09. The number of carbonyl (C=O) groups is 1. The Balaban J connectivity index is 1.83. The van der Waals surface area contributed by atoms with E-state index in [1.807, 2.05) is 36.5 Å². The molecule has 3 rings (SSSR count). The first-order chi connectivity index (χ1) is 15.4. The van der Waals surface area contributed by atoms with Crippen LogP contribution in [0.15, 0.2) is 54.3 Å². The molecule has 0 radical (unpaired) electrons. The number of nitrogens with two attached hydrogens (primary N) is 1. The molecule has 1 unspecified atom stereocenters. The zero-order valence-corrected chi connectivity index (χ0v) is 18.8. The summed E-state index contributed by atoms with van der Waals surface area (Å²) in [5.41, 5.74) is 13.3. The lowest BCUT2D eigenvalue weighted by molar-refractivity contribution is -0.459. The lowest BCUT2D eigenvalue weighted by Crippen LogP contribution is -2.72. The van der Waals surface area contributed by atoms with Crippen molar-refractivity contribution in [3.63, 3.8) is 0 Å². The molecule has 0 aliphatic carbocycles. The molecule has 9 heteroatoms. The molecule has 1 atom stereocenters. The second-order valence-electron chi connectivity index (χ2n) is 7.69. The Hall–Kier alpha value is -3.72. The smallest absolute Gasteiger partial charge is 0.173 e. The molecule has 0 saturated heterocycles. The van der Waals surface area contributed by atoms with Crippen LogP contribution in [0.4, 0.5) is 5.82 Å². The Morgan fingerprint density at radius 2 is 2.19 bits per heavy atom. The van der Waals surface area contributed by atoms with Gasteiger partial charge in [-0.2, -0.15) is 0 Å². The van der Waals surface area contributed by atoms with Crippen molar-refractivity contribution >= 4 is 34.9 Å². The van der Waals surface area contributed by atoms with Gasteiger partial charge in [-0.05, 0) is 35.8 Å². The molecule has 0 saturated carbocycles. The standard InChI is InChI=1S/C23H29N7O2/c1-15(2)16-8-23(30(3)27-12-16)29-22-6-5-20-21(28-22)7-17(11-26-20)18(9-24)10-25-13-19(14-31)32-4/h5-12,14-15,19,27H,13,24H2,1-4H3,(H,28,29)/p+1. The van der Waals surface area contributed by atoms with E-state index in [2.05, 4.69) is 40.6 Å². The van der Waals surface area contributed by atoms with Crippen molar-refractivity contribution in [1.29, 1.82) is 0 Å². The van der Waals surface area contributed by atoms with Crippen LogP contribution in [-0.4, -0.2) is 54.3 Å². The average Bonchev–Trinajstić information content (AvgIpc) is 2.80. The number of fused-ring (bicyclic) bond motifs is 1. The van der Waals surface area contributed by atoms with Crippen molar-refractivity contribution in [3.05, 3.63) is 59.8 Å². The van der Waals surface area contributed by atoms with Gasteiger partial charge in [0.2, 0.25) is 0 Å². The first kappa shape index (κ1) is 23.0. The lowest BCUT2D eigenvalue weighted by atomic mass is 10.0. The van der Waals surface area contributed by atoms with Crippen LogP contribution in [0.5, 0.6) is 0 Å². The van der Waals surface area contributed by atoms with Gasteiger partial charge in [-0.1, -0.05) is 13.8 Å². The number of nitrogens with one attached hydrogen (secondary N) is 3. The van der Waals surface area contributed by atoms with E-state index in [0.717, 1.165) is 34.3 Å². The number of hydrogen-bond donors (Lipinski definition) is 4. The summed E-state index contributed by atoms with van der Waals surface area (Å²) in [6, 6.07) is 5.74. The Morgan fingerprint density at radius 1 is 1.38 bits per heavy atom. The van der Waals surface area contributed by atoms with E-state index in [0.29, 0.717) is 18.3 Å². The molecule has 168 valence electrons. The van der Waals surface area contributed by atoms with Gasteiger partial charge in [0.25, 0.3) is 0 Å². The van der Waals surface area contributed by atoms with E-state index in [-0.39, 0.29) is 0 Å². The normalized spacial score (nSPS) is 15.5. The van der Waals surface area contributed by atoms with E-state index in [4.69, 9.17) is 15.5 Å². The van der Waals surface area contributed by atoms with Crippen LogP contribution in [0, 0.1) is 5.92 Å². The number of hydrazine groups is 1. The minimum absolute atomic E-state index is 0.341. The fourth-order valence-corrected chi connectivity index (χ4v) is 3.06. The van der Waals surface area contributed by atoms with Crippen LogP contribution in [0.2, 0.25) is 0 Å². The third-order valence-electron chi connectivity index (χ3n) is 5.09. The number of allylic oxidation sites excluding steroid dienone is 3. The number of anilines is 1. The summed E-state index contributed by atoms with van der Waals surface area (Å²) >= 11 is 0. The summed E-state index contributed by atoms with van der Waals surface area (Å²) in [4.78, 5) is 23.2. The molecule has 0 fully saturated rings. The molecule has 0 aromatic carbocycles. The predicted octanol–water partition coefficient (Wildman–Crippen LogP) is 0.538. The highest BCUT2D eigenvalue weighted by atomic mass is 16.5. The van der Waals surface area contributed by atoms with Crippen LogP contribution < -0.4 is 21.5 Å². The first-order valence-corrected chi connectivity index (χ1v) is 10.4. The summed E-state index contributed by atoms with van der Waals surface area (Å²) in [5.74, 6) is 2.01. The van der Waals surface area contributed by atoms with Gasteiger partial charge in [-0.15, -0.1) is 0 Å². The third kappa shape index (κ3) is 5.50. The number of nitrogens with zero attached hydrogens (tertiary/aromatic N) is 3. The van der Waals surface area contributed by atoms with Crippen LogP contribution in [0.3, 0.4) is 0 Å². The van der Waals surface area contributed by atoms with Gasteiger partial charge in [-0.25, -0.2) is 9.98 Å². The van der Waals surface area contributed by atoms with Crippen molar-refractivity contribution in [2.45, 2.75) is 20.0 Å². The highest BCUT2D eigenvalue weighted by Gasteiger charge is 2.14. The Labute approximate surface area is 187 Å². The van der Waals surface area contributed by atoms with Crippen molar-refractivity contribution in [3.8, 4) is 0 Å². The van der Waals surface area contributed by atoms with E-state index in [1.165, 1.54) is 18.9 Å². The van der Waals surface area contributed by atoms with Crippen LogP contribution in [0.1, 0.15) is 19.4 Å². The number of aldehydes is 1. The van der Waals surface area contributed by atoms with Gasteiger partial charge in [-0.3, -0.25) is 9.99 Å². The molecule has 0 bridgehead atoms. The quantitative estimate of drug-likeness (QED) is 0.332. The van der Waals surface area contributed by atoms with Crippen molar-refractivity contribution in [1.82, 2.24) is 20.4 Å². The maximum atomic E-state index is 10.9. The van der Waals surface area contributed by atoms with E-state index < -0.39 is 6.10 Å². The number of rotatable bonds is 9. The largest absolute Gasteiger partial charge is 0.404 e. The molecular formula is C23H30N7O2+. The van der Waals surface area contributed by atoms with E-state index in [9.17, 15) is 4.79 Å². The monoisotopic (exact) mass is 436 g/mol. The van der Waals surface area contributed by atoms with Gasteiger partial charge < -0.3 is 26.0 Å². The lowest BCUT2D eigenvalue weighted by Gasteiger charge is -2.28. The molecule has 3 heterocycles. The molecule has 5 N–H and O–H groups in total. The molecule has 32 heavy (non-hydrogen) atoms. The SMILES string of the molecule is COC(C=O)C[NH+]=CC(=CN)c1cnc2ccc(NC3=CC(C(C)C)=CNN3C)nc2c1. The minimum Gasteiger partial charge on any atom is -0.404 e. The summed E-state index contributed by atoms with van der Waals surface area (Å²) in [7, 11) is 3.43. The minimum atomic E-state index is -0.525. The van der Waals surface area contributed by atoms with Gasteiger partial charge in [0, 0.05) is 38.3 Å². The summed E-state index contributed by atoms with van der Waals surface area (Å²) < 4.78 is 5.03. The summed E-state index contributed by atoms with van der Waals surface area (Å²) in [5, 5.41) is 5.27. The molecule has 1 aliphatic rings. The molecular weight excluding hydrogens is 406 g/mol. The van der Waals surface area contributed by atoms with Gasteiger partial charge in [0.15, 0.2) is 25.1 Å². The van der Waals surface area contributed by atoms with Crippen LogP contribution in [-0.2, 0) is 9.53 Å². The van der Waals surface area contributed by atoms with Crippen molar-refractivity contribution in [2.24, 2.45) is 11.7 Å². The fourth-order valence-electron chi connectivity index (χ4n) is 3.06. The van der Waals surface area contributed by atoms with Crippen LogP contribution >= 0.6 is 0 Å². The number of aromatic nitrogens is 2. The fraction of sp³-hybridized carbons (Fsp3) is 0.304. The number of ether oxygens (including phenoxy) is 1. The first-order valence-electron chi connectivity index (χ1n) is 10.4. The van der Waals surface area contributed by atoms with Gasteiger partial charge >= 0.3 is 0 Å². The Bertz CT molecular complexity index is 1090. The highest BCUT2D eigenvalue weighted by Crippen LogP contribution is 2.21. The van der Waals surface area contributed by atoms with Gasteiger partial charge in [0.05, 0.1) is 16.6 Å². The second-order valence-corrected chi connectivity index (χ2v) is 7.69. The zero-order chi connectivity index (χ0) is 23.1. The van der Waals surface area contributed by atoms with Crippen molar-refractivity contribution < 1.29 is 14.5 Å². The zero-order valence-electron chi connectivity index (χ0n) is 18.8. The highest BCUT2D eigenvalue weighted by molar-refractivity contribution is 6.07. The van der Waals surface area contributed by atoms with E-state index in [1.54, 1.807) is 12.4 Å². The Kier molecular flexibility index (Phi) is 7.56. The van der Waals surface area contributed by atoms with Crippen LogP contribution in [0.25, 0.3) is 16.6 Å². The molecule has 0 spiro atoms. The second kappa shape index (κ2) is 10.5. The average molecular weight is 437 g/mol. The maximum Gasteiger partial charge on any atom is 0.173 e. The predicted molar refractivity (Wildman–Crippen MR) is 126 cm³/mol. The molecule has 2 aromatic rings. The molecule has 2 aromatic heterocycles. The molecule has 0 amide bonds. The van der Waals surface area contributed by atoms with Crippen molar-refractivity contribution in [2.75, 3.05) is 26.0 Å². The summed E-state index contributed by atoms with van der Waals surface area (Å²) in [6.07, 6.45) is 9.27. The van der Waals surface area contributed by atoms with E-state index >= 15 is 0 Å². The maximum absolute atomic E-state index is 10.9. The molecule has 9 nitrogen and oxygen atoms in total.